The minimum absolute atomic E-state index is 0.0822. The topological polar surface area (TPSA) is 89.0 Å². The van der Waals surface area contributed by atoms with Gasteiger partial charge in [-0.3, -0.25) is 14.9 Å². The van der Waals surface area contributed by atoms with Crippen LogP contribution in [0.25, 0.3) is 0 Å². The number of alkyl halides is 4. The number of nitrogens with zero attached hydrogens (tertiary/aromatic N) is 1. The van der Waals surface area contributed by atoms with Gasteiger partial charge in [-0.15, -0.1) is 0 Å². The Balaban J connectivity index is 2.03. The lowest BCUT2D eigenvalue weighted by atomic mass is 9.84. The van der Waals surface area contributed by atoms with Gasteiger partial charge < -0.3 is 14.8 Å². The van der Waals surface area contributed by atoms with Crippen LogP contribution in [-0.4, -0.2) is 56.5 Å². The molecule has 0 fully saturated rings. The van der Waals surface area contributed by atoms with Crippen LogP contribution in [0.5, 0.6) is 0 Å². The molecule has 0 saturated carbocycles. The van der Waals surface area contributed by atoms with E-state index < -0.39 is 66.2 Å². The number of amidine groups is 1. The number of carbonyl (C=O) groups is 2. The van der Waals surface area contributed by atoms with Crippen molar-refractivity contribution in [2.75, 3.05) is 20.4 Å². The molecule has 0 bridgehead atoms. The second kappa shape index (κ2) is 11.0. The Morgan fingerprint density at radius 2 is 1.86 bits per heavy atom. The van der Waals surface area contributed by atoms with E-state index in [1.54, 1.807) is 13.0 Å². The first-order chi connectivity index (χ1) is 17.0. The Kier molecular flexibility index (Phi) is 8.28. The van der Waals surface area contributed by atoms with Crippen LogP contribution < -0.4 is 10.6 Å². The number of amides is 2. The maximum atomic E-state index is 14.9. The molecule has 36 heavy (non-hydrogen) atoms. The third-order valence-corrected chi connectivity index (χ3v) is 5.46. The predicted molar refractivity (Wildman–Crippen MR) is 120 cm³/mol. The molecule has 7 nitrogen and oxygen atoms in total. The highest BCUT2D eigenvalue weighted by molar-refractivity contribution is 6.04. The molecule has 1 heterocycles. The van der Waals surface area contributed by atoms with Crippen molar-refractivity contribution in [1.29, 1.82) is 0 Å². The second-order valence-corrected chi connectivity index (χ2v) is 8.28. The van der Waals surface area contributed by atoms with Crippen LogP contribution >= 0.6 is 0 Å². The molecule has 0 unspecified atom stereocenters. The van der Waals surface area contributed by atoms with Crippen LogP contribution in [0.3, 0.4) is 0 Å². The van der Waals surface area contributed by atoms with Crippen molar-refractivity contribution < 1.29 is 41.0 Å². The highest BCUT2D eigenvalue weighted by Crippen LogP contribution is 2.42. The summed E-state index contributed by atoms with van der Waals surface area (Å²) in [5, 5.41) is 4.69. The number of methoxy groups -OCH3 is 1. The summed E-state index contributed by atoms with van der Waals surface area (Å²) in [6, 6.07) is 9.04. The van der Waals surface area contributed by atoms with Crippen molar-refractivity contribution in [1.82, 2.24) is 10.6 Å². The van der Waals surface area contributed by atoms with Crippen molar-refractivity contribution in [3.63, 3.8) is 0 Å². The SMILES string of the molecule is COC[C@H](C)NC(=O)c1ccc(F)c([C@]2(CF)C[C@@H](C(F)(F)F)OC(NC(=O)c3ccccc3)=N2)c1. The lowest BCUT2D eigenvalue weighted by Crippen LogP contribution is -2.50. The van der Waals surface area contributed by atoms with Crippen LogP contribution in [0.4, 0.5) is 22.0 Å². The van der Waals surface area contributed by atoms with E-state index in [2.05, 4.69) is 15.6 Å². The molecule has 0 aliphatic carbocycles. The number of ether oxygens (including phenoxy) is 2. The molecule has 3 atom stereocenters. The molecule has 1 aliphatic rings. The van der Waals surface area contributed by atoms with Gasteiger partial charge in [-0.2, -0.15) is 13.2 Å². The Morgan fingerprint density at radius 3 is 2.47 bits per heavy atom. The number of hydrogen-bond acceptors (Lipinski definition) is 5. The molecule has 0 saturated heterocycles. The minimum atomic E-state index is -4.99. The largest absolute Gasteiger partial charge is 0.452 e. The van der Waals surface area contributed by atoms with Gasteiger partial charge in [0.25, 0.3) is 17.8 Å². The molecular formula is C24H24F5N3O4. The van der Waals surface area contributed by atoms with Crippen molar-refractivity contribution in [3.05, 3.63) is 71.0 Å². The van der Waals surface area contributed by atoms with Crippen LogP contribution in [0.1, 0.15) is 39.6 Å². The molecule has 12 heteroatoms. The fourth-order valence-corrected chi connectivity index (χ4v) is 3.70. The Bertz CT molecular complexity index is 1130. The molecule has 2 amide bonds. The standard InChI is InChI=1S/C24H24F5N3O4/c1-14(12-35-2)30-21(34)16-8-9-18(26)17(10-16)23(13-25)11-19(24(27,28)29)36-22(32-23)31-20(33)15-6-4-3-5-7-15/h3-10,14,19H,11-13H2,1-2H3,(H,30,34)(H,31,32,33)/t14-,19-,23+/m0/s1. The number of aliphatic imine (C=N–C) groups is 1. The molecule has 194 valence electrons. The van der Waals surface area contributed by atoms with Crippen molar-refractivity contribution in [2.45, 2.75) is 37.2 Å². The summed E-state index contributed by atoms with van der Waals surface area (Å²) in [4.78, 5) is 28.9. The zero-order valence-electron chi connectivity index (χ0n) is 19.4. The van der Waals surface area contributed by atoms with Crippen LogP contribution in [-0.2, 0) is 15.0 Å². The molecule has 3 rings (SSSR count). The highest BCUT2D eigenvalue weighted by Gasteiger charge is 2.52. The summed E-state index contributed by atoms with van der Waals surface area (Å²) in [6.45, 7) is 0.260. The van der Waals surface area contributed by atoms with Gasteiger partial charge in [-0.25, -0.2) is 13.8 Å². The molecule has 0 spiro atoms. The van der Waals surface area contributed by atoms with Crippen molar-refractivity contribution in [2.24, 2.45) is 4.99 Å². The van der Waals surface area contributed by atoms with Gasteiger partial charge in [-0.1, -0.05) is 18.2 Å². The van der Waals surface area contributed by atoms with E-state index in [9.17, 15) is 31.5 Å². The zero-order valence-corrected chi connectivity index (χ0v) is 19.4. The smallest absolute Gasteiger partial charge is 0.425 e. The van der Waals surface area contributed by atoms with E-state index in [0.29, 0.717) is 0 Å². The Morgan fingerprint density at radius 1 is 1.17 bits per heavy atom. The molecule has 2 N–H and O–H groups in total. The lowest BCUT2D eigenvalue weighted by Gasteiger charge is -2.37. The second-order valence-electron chi connectivity index (χ2n) is 8.28. The lowest BCUT2D eigenvalue weighted by molar-refractivity contribution is -0.209. The maximum absolute atomic E-state index is 14.9. The summed E-state index contributed by atoms with van der Waals surface area (Å²) in [7, 11) is 1.43. The zero-order chi connectivity index (χ0) is 26.5. The van der Waals surface area contributed by atoms with E-state index >= 15 is 0 Å². The van der Waals surface area contributed by atoms with E-state index in [1.807, 2.05) is 0 Å². The fraction of sp³-hybridized carbons (Fsp3) is 0.375. The molecule has 0 radical (unpaired) electrons. The van der Waals surface area contributed by atoms with Gasteiger partial charge in [0.2, 0.25) is 0 Å². The summed E-state index contributed by atoms with van der Waals surface area (Å²) >= 11 is 0. The van der Waals surface area contributed by atoms with Crippen LogP contribution in [0.15, 0.2) is 53.5 Å². The van der Waals surface area contributed by atoms with Gasteiger partial charge in [-0.05, 0) is 37.3 Å². The van der Waals surface area contributed by atoms with Gasteiger partial charge in [0.05, 0.1) is 6.61 Å². The molecular weight excluding hydrogens is 489 g/mol. The summed E-state index contributed by atoms with van der Waals surface area (Å²) < 4.78 is 80.3. The number of hydrogen-bond donors (Lipinski definition) is 2. The van der Waals surface area contributed by atoms with Crippen molar-refractivity contribution in [3.8, 4) is 0 Å². The van der Waals surface area contributed by atoms with Gasteiger partial charge in [0.1, 0.15) is 18.0 Å². The third kappa shape index (κ3) is 6.17. The van der Waals surface area contributed by atoms with E-state index in [4.69, 9.17) is 9.47 Å². The summed E-state index contributed by atoms with van der Waals surface area (Å²) in [5.41, 5.74) is -3.04. The number of halogens is 5. The molecule has 2 aromatic carbocycles. The Labute approximate surface area is 203 Å². The third-order valence-electron chi connectivity index (χ3n) is 5.46. The molecule has 2 aromatic rings. The molecule has 1 aliphatic heterocycles. The monoisotopic (exact) mass is 513 g/mol. The average Bonchev–Trinajstić information content (AvgIpc) is 2.84. The number of nitrogens with one attached hydrogen (secondary N) is 2. The quantitative estimate of drug-likeness (QED) is 0.550. The van der Waals surface area contributed by atoms with E-state index in [1.165, 1.54) is 31.4 Å². The first kappa shape index (κ1) is 27.1. The van der Waals surface area contributed by atoms with Gasteiger partial charge in [0.15, 0.2) is 6.10 Å². The number of benzene rings is 2. The summed E-state index contributed by atoms with van der Waals surface area (Å²) in [5.74, 6) is -2.60. The van der Waals surface area contributed by atoms with Gasteiger partial charge >= 0.3 is 6.18 Å². The maximum Gasteiger partial charge on any atom is 0.425 e. The molecule has 0 aromatic heterocycles. The highest BCUT2D eigenvalue weighted by atomic mass is 19.4. The first-order valence-electron chi connectivity index (χ1n) is 10.8. The van der Waals surface area contributed by atoms with Crippen LogP contribution in [0, 0.1) is 5.82 Å². The normalized spacial score (nSPS) is 20.6. The number of rotatable bonds is 7. The minimum Gasteiger partial charge on any atom is -0.452 e. The van der Waals surface area contributed by atoms with Crippen molar-refractivity contribution >= 4 is 17.8 Å². The van der Waals surface area contributed by atoms with E-state index in [-0.39, 0.29) is 17.7 Å². The predicted octanol–water partition coefficient (Wildman–Crippen LogP) is 3.89. The Hall–Kier alpha value is -3.54. The van der Waals surface area contributed by atoms with Crippen LogP contribution in [0.2, 0.25) is 0 Å². The van der Waals surface area contributed by atoms with Gasteiger partial charge in [0, 0.05) is 36.3 Å². The number of carbonyl (C=O) groups excluding carboxylic acids is 2. The average molecular weight is 513 g/mol. The summed E-state index contributed by atoms with van der Waals surface area (Å²) in [6.07, 6.45) is -8.70. The first-order valence-corrected chi connectivity index (χ1v) is 10.8. The fourth-order valence-electron chi connectivity index (χ4n) is 3.70. The van der Waals surface area contributed by atoms with E-state index in [0.717, 1.165) is 18.2 Å².